The van der Waals surface area contributed by atoms with Crippen LogP contribution in [-0.2, 0) is 19.6 Å². The van der Waals surface area contributed by atoms with Gasteiger partial charge in [-0.3, -0.25) is 4.79 Å². The van der Waals surface area contributed by atoms with Gasteiger partial charge in [0.15, 0.2) is 0 Å². The number of hydrogen-bond donors (Lipinski definition) is 2. The number of carbonyl (C=O) groups is 1. The van der Waals surface area contributed by atoms with Crippen molar-refractivity contribution in [2.45, 2.75) is 6.04 Å². The number of nitrogens with one attached hydrogen (secondary N) is 1. The van der Waals surface area contributed by atoms with Crippen LogP contribution in [0.25, 0.3) is 0 Å². The largest absolute Gasteiger partial charge is 0.379 e. The standard InChI is InChI=1S/C9H19N3O4S/c1-12(2)17(14,15)4-3-11-9(13)7-5-16-6-8(7)10/h7-8H,3-6,10H2,1-2H3,(H,11,13). The van der Waals surface area contributed by atoms with Gasteiger partial charge >= 0.3 is 0 Å². The van der Waals surface area contributed by atoms with E-state index in [1.165, 1.54) is 14.1 Å². The van der Waals surface area contributed by atoms with Crippen molar-refractivity contribution < 1.29 is 17.9 Å². The van der Waals surface area contributed by atoms with Gasteiger partial charge in [0.1, 0.15) is 0 Å². The average molecular weight is 265 g/mol. The highest BCUT2D eigenvalue weighted by atomic mass is 32.2. The number of nitrogens with zero attached hydrogens (tertiary/aromatic N) is 1. The van der Waals surface area contributed by atoms with Crippen molar-refractivity contribution in [1.29, 1.82) is 0 Å². The second-order valence-corrected chi connectivity index (χ2v) is 6.50. The molecule has 0 aliphatic carbocycles. The molecule has 0 saturated carbocycles. The summed E-state index contributed by atoms with van der Waals surface area (Å²) in [6.45, 7) is 0.754. The first-order valence-corrected chi connectivity index (χ1v) is 6.97. The van der Waals surface area contributed by atoms with E-state index in [9.17, 15) is 13.2 Å². The smallest absolute Gasteiger partial charge is 0.227 e. The monoisotopic (exact) mass is 265 g/mol. The molecule has 1 rings (SSSR count). The molecule has 7 nitrogen and oxygen atoms in total. The third-order valence-corrected chi connectivity index (χ3v) is 4.51. The van der Waals surface area contributed by atoms with Gasteiger partial charge in [0, 0.05) is 26.7 Å². The minimum Gasteiger partial charge on any atom is -0.379 e. The van der Waals surface area contributed by atoms with Gasteiger partial charge < -0.3 is 15.8 Å². The van der Waals surface area contributed by atoms with Gasteiger partial charge in [0.25, 0.3) is 0 Å². The van der Waals surface area contributed by atoms with Crippen molar-refractivity contribution in [2.75, 3.05) is 39.6 Å². The third-order valence-electron chi connectivity index (χ3n) is 2.68. The molecule has 100 valence electrons. The van der Waals surface area contributed by atoms with E-state index in [1.807, 2.05) is 0 Å². The molecule has 2 atom stereocenters. The Hall–Kier alpha value is -0.700. The van der Waals surface area contributed by atoms with Gasteiger partial charge in [0.2, 0.25) is 15.9 Å². The minimum atomic E-state index is -3.27. The molecular formula is C9H19N3O4S. The molecule has 0 aromatic heterocycles. The Bertz CT molecular complexity index is 368. The van der Waals surface area contributed by atoms with Crippen molar-refractivity contribution in [2.24, 2.45) is 11.7 Å². The van der Waals surface area contributed by atoms with E-state index in [0.717, 1.165) is 4.31 Å². The summed E-state index contributed by atoms with van der Waals surface area (Å²) in [5, 5.41) is 2.56. The zero-order valence-electron chi connectivity index (χ0n) is 10.0. The molecule has 17 heavy (non-hydrogen) atoms. The van der Waals surface area contributed by atoms with Gasteiger partial charge in [-0.1, -0.05) is 0 Å². The van der Waals surface area contributed by atoms with Crippen LogP contribution in [0.1, 0.15) is 0 Å². The van der Waals surface area contributed by atoms with Gasteiger partial charge in [-0.2, -0.15) is 0 Å². The van der Waals surface area contributed by atoms with Crippen LogP contribution in [0.15, 0.2) is 0 Å². The van der Waals surface area contributed by atoms with E-state index in [4.69, 9.17) is 10.5 Å². The lowest BCUT2D eigenvalue weighted by Crippen LogP contribution is -2.43. The number of rotatable bonds is 5. The second kappa shape index (κ2) is 5.76. The van der Waals surface area contributed by atoms with Gasteiger partial charge in [-0.25, -0.2) is 12.7 Å². The molecule has 0 aromatic rings. The maximum Gasteiger partial charge on any atom is 0.227 e. The Balaban J connectivity index is 2.34. The van der Waals surface area contributed by atoms with Gasteiger partial charge in [-0.05, 0) is 0 Å². The molecule has 0 bridgehead atoms. The summed E-state index contributed by atoms with van der Waals surface area (Å²) in [6, 6.07) is -0.305. The first kappa shape index (κ1) is 14.4. The third kappa shape index (κ3) is 3.91. The van der Waals surface area contributed by atoms with E-state index in [1.54, 1.807) is 0 Å². The van der Waals surface area contributed by atoms with Crippen molar-refractivity contribution in [3.05, 3.63) is 0 Å². The Morgan fingerprint density at radius 1 is 1.47 bits per heavy atom. The molecule has 2 unspecified atom stereocenters. The summed E-state index contributed by atoms with van der Waals surface area (Å²) in [5.41, 5.74) is 5.67. The predicted octanol–water partition coefficient (Wildman–Crippen LogP) is -2.03. The summed E-state index contributed by atoms with van der Waals surface area (Å²) in [7, 11) is -0.362. The maximum absolute atomic E-state index is 11.6. The molecular weight excluding hydrogens is 246 g/mol. The number of carbonyl (C=O) groups excluding carboxylic acids is 1. The summed E-state index contributed by atoms with van der Waals surface area (Å²) in [5.74, 6) is -0.741. The molecule has 0 aromatic carbocycles. The molecule has 1 fully saturated rings. The van der Waals surface area contributed by atoms with Crippen molar-refractivity contribution in [3.63, 3.8) is 0 Å². The highest BCUT2D eigenvalue weighted by Crippen LogP contribution is 2.11. The highest BCUT2D eigenvalue weighted by molar-refractivity contribution is 7.89. The van der Waals surface area contributed by atoms with Crippen molar-refractivity contribution in [3.8, 4) is 0 Å². The lowest BCUT2D eigenvalue weighted by atomic mass is 10.0. The molecule has 1 aliphatic heterocycles. The number of sulfonamides is 1. The summed E-state index contributed by atoms with van der Waals surface area (Å²) in [6.07, 6.45) is 0. The Kier molecular flexibility index (Phi) is 4.87. The fourth-order valence-electron chi connectivity index (χ4n) is 1.46. The lowest BCUT2D eigenvalue weighted by Gasteiger charge is -2.15. The molecule has 1 saturated heterocycles. The van der Waals surface area contributed by atoms with Crippen LogP contribution < -0.4 is 11.1 Å². The topological polar surface area (TPSA) is 102 Å². The van der Waals surface area contributed by atoms with E-state index in [0.29, 0.717) is 13.2 Å². The van der Waals surface area contributed by atoms with Crippen LogP contribution in [0.2, 0.25) is 0 Å². The Morgan fingerprint density at radius 2 is 2.12 bits per heavy atom. The van der Waals surface area contributed by atoms with E-state index < -0.39 is 10.0 Å². The van der Waals surface area contributed by atoms with E-state index in [-0.39, 0.29) is 30.2 Å². The number of nitrogens with two attached hydrogens (primary N) is 1. The van der Waals surface area contributed by atoms with Gasteiger partial charge in [0.05, 0.1) is 24.9 Å². The van der Waals surface area contributed by atoms with Crippen LogP contribution in [-0.4, -0.2) is 64.3 Å². The predicted molar refractivity (Wildman–Crippen MR) is 62.8 cm³/mol. The van der Waals surface area contributed by atoms with Crippen LogP contribution >= 0.6 is 0 Å². The minimum absolute atomic E-state index is 0.0859. The average Bonchev–Trinajstić information content (AvgIpc) is 2.63. The summed E-state index contributed by atoms with van der Waals surface area (Å²) < 4.78 is 29.0. The molecule has 0 radical (unpaired) electrons. The summed E-state index contributed by atoms with van der Waals surface area (Å²) in [4.78, 5) is 11.6. The lowest BCUT2D eigenvalue weighted by molar-refractivity contribution is -0.125. The van der Waals surface area contributed by atoms with Crippen LogP contribution in [0.4, 0.5) is 0 Å². The zero-order chi connectivity index (χ0) is 13.1. The quantitative estimate of drug-likeness (QED) is 0.597. The SMILES string of the molecule is CN(C)S(=O)(=O)CCNC(=O)C1COCC1N. The van der Waals surface area contributed by atoms with Crippen LogP contribution in [0, 0.1) is 5.92 Å². The molecule has 1 aliphatic rings. The molecule has 1 amide bonds. The molecule has 3 N–H and O–H groups in total. The first-order chi connectivity index (χ1) is 7.84. The normalized spacial score (nSPS) is 25.2. The molecule has 1 heterocycles. The molecule has 8 heteroatoms. The molecule has 0 spiro atoms. The fourth-order valence-corrected chi connectivity index (χ4v) is 2.18. The highest BCUT2D eigenvalue weighted by Gasteiger charge is 2.31. The second-order valence-electron chi connectivity index (χ2n) is 4.20. The summed E-state index contributed by atoms with van der Waals surface area (Å²) >= 11 is 0. The Labute approximate surface area is 101 Å². The van der Waals surface area contributed by atoms with Crippen LogP contribution in [0.3, 0.4) is 0 Å². The fraction of sp³-hybridized carbons (Fsp3) is 0.889. The maximum atomic E-state index is 11.6. The van der Waals surface area contributed by atoms with Crippen molar-refractivity contribution >= 4 is 15.9 Å². The van der Waals surface area contributed by atoms with Crippen molar-refractivity contribution in [1.82, 2.24) is 9.62 Å². The number of hydrogen-bond acceptors (Lipinski definition) is 5. The van der Waals surface area contributed by atoms with Gasteiger partial charge in [-0.15, -0.1) is 0 Å². The first-order valence-electron chi connectivity index (χ1n) is 5.36. The number of ether oxygens (including phenoxy) is 1. The zero-order valence-corrected chi connectivity index (χ0v) is 10.9. The van der Waals surface area contributed by atoms with Crippen LogP contribution in [0.5, 0.6) is 0 Å². The van der Waals surface area contributed by atoms with E-state index >= 15 is 0 Å². The van der Waals surface area contributed by atoms with E-state index in [2.05, 4.69) is 5.32 Å². The number of amides is 1. The Morgan fingerprint density at radius 3 is 2.59 bits per heavy atom.